The third-order valence-electron chi connectivity index (χ3n) is 5.22. The van der Waals surface area contributed by atoms with Gasteiger partial charge in [-0.25, -0.2) is 13.6 Å². The van der Waals surface area contributed by atoms with Crippen molar-refractivity contribution in [2.24, 2.45) is 0 Å². The number of nitrogens with one attached hydrogen (secondary N) is 1. The van der Waals surface area contributed by atoms with Crippen LogP contribution in [0.1, 0.15) is 18.4 Å². The number of likely N-dealkylation sites (tertiary alicyclic amines) is 1. The highest BCUT2D eigenvalue weighted by atomic mass is 19.3. The third-order valence-corrected chi connectivity index (χ3v) is 5.22. The number of hydrogen-bond donors (Lipinski definition) is 3. The second-order valence-corrected chi connectivity index (χ2v) is 7.42. The fourth-order valence-corrected chi connectivity index (χ4v) is 3.60. The van der Waals surface area contributed by atoms with Crippen LogP contribution in [0.2, 0.25) is 0 Å². The first-order valence-corrected chi connectivity index (χ1v) is 9.75. The zero-order chi connectivity index (χ0) is 22.6. The molecule has 3 N–H and O–H groups in total. The molecule has 1 fully saturated rings. The number of halogens is 2. The van der Waals surface area contributed by atoms with Crippen molar-refractivity contribution in [2.45, 2.75) is 37.2 Å². The number of alkyl carbamates (subject to hydrolysis) is 1. The van der Waals surface area contributed by atoms with Crippen LogP contribution in [-0.4, -0.2) is 65.1 Å². The van der Waals surface area contributed by atoms with Crippen LogP contribution < -0.4 is 5.32 Å². The molecule has 1 saturated heterocycles. The number of nitrogens with zero attached hydrogens (tertiary/aromatic N) is 1. The Morgan fingerprint density at radius 3 is 2.87 bits per heavy atom. The summed E-state index contributed by atoms with van der Waals surface area (Å²) >= 11 is 0. The van der Waals surface area contributed by atoms with Gasteiger partial charge in [0.25, 0.3) is 5.92 Å². The molecular formula is C20H23BF2N2O6. The molecule has 0 saturated carbocycles. The summed E-state index contributed by atoms with van der Waals surface area (Å²) in [5.41, 5.74) is 1.25. The average Bonchev–Trinajstić information content (AvgIpc) is 3.13. The summed E-state index contributed by atoms with van der Waals surface area (Å²) < 4.78 is 38.0. The predicted octanol–water partition coefficient (Wildman–Crippen LogP) is 1.89. The smallest absolute Gasteiger partial charge is 0.464 e. The number of amides is 2. The summed E-state index contributed by atoms with van der Waals surface area (Å²) in [5, 5.41) is 22.4. The lowest BCUT2D eigenvalue weighted by atomic mass is 9.76. The molecule has 1 aromatic heterocycles. The second kappa shape index (κ2) is 9.48. The fourth-order valence-electron chi connectivity index (χ4n) is 3.60. The Balaban J connectivity index is 1.61. The minimum absolute atomic E-state index is 0.0341. The van der Waals surface area contributed by atoms with Gasteiger partial charge in [-0.2, -0.15) is 0 Å². The molecule has 0 aliphatic carbocycles. The number of rotatable bonds is 7. The van der Waals surface area contributed by atoms with Crippen LogP contribution in [-0.2, 0) is 16.0 Å². The van der Waals surface area contributed by atoms with Gasteiger partial charge in [0.05, 0.1) is 18.2 Å². The molecule has 3 rings (SSSR count). The Kier molecular flexibility index (Phi) is 6.96. The highest BCUT2D eigenvalue weighted by Gasteiger charge is 2.42. The molecule has 2 heterocycles. The monoisotopic (exact) mass is 436 g/mol. The van der Waals surface area contributed by atoms with Crippen LogP contribution in [0.3, 0.4) is 0 Å². The van der Waals surface area contributed by atoms with Gasteiger partial charge < -0.3 is 29.4 Å². The van der Waals surface area contributed by atoms with Gasteiger partial charge in [-0.15, -0.1) is 0 Å². The number of ether oxygens (including phenoxy) is 1. The van der Waals surface area contributed by atoms with Gasteiger partial charge in [-0.3, -0.25) is 4.79 Å². The van der Waals surface area contributed by atoms with Crippen LogP contribution in [0.4, 0.5) is 13.6 Å². The molecule has 8 nitrogen and oxygen atoms in total. The van der Waals surface area contributed by atoms with E-state index in [4.69, 9.17) is 9.15 Å². The standard InChI is InChI=1S/C20H23BF2N2O6/c1-2-18(26)25-8-7-20(22,23)10-14(25)12-31-19(27)24-17(21(28)29)9-13-11-30-16-6-4-3-5-15(13)16/h2-6,11,14,17,28-29H,1,7-10,12H2,(H,24,27). The van der Waals surface area contributed by atoms with E-state index in [1.807, 2.05) is 0 Å². The minimum Gasteiger partial charge on any atom is -0.464 e. The Hall–Kier alpha value is -2.92. The summed E-state index contributed by atoms with van der Waals surface area (Å²) in [6.45, 7) is 2.71. The van der Waals surface area contributed by atoms with Crippen molar-refractivity contribution in [3.63, 3.8) is 0 Å². The lowest BCUT2D eigenvalue weighted by molar-refractivity contribution is -0.140. The number of fused-ring (bicyclic) bond motifs is 1. The van der Waals surface area contributed by atoms with Gasteiger partial charge >= 0.3 is 13.2 Å². The molecule has 1 aliphatic rings. The normalized spacial score (nSPS) is 19.0. The number of carbonyl (C=O) groups excluding carboxylic acids is 2. The molecule has 2 unspecified atom stereocenters. The van der Waals surface area contributed by atoms with Crippen LogP contribution in [0.5, 0.6) is 0 Å². The van der Waals surface area contributed by atoms with Crippen molar-refractivity contribution in [1.82, 2.24) is 10.2 Å². The molecule has 0 radical (unpaired) electrons. The van der Waals surface area contributed by atoms with Crippen molar-refractivity contribution < 1.29 is 37.6 Å². The largest absolute Gasteiger partial charge is 0.475 e. The number of carbonyl (C=O) groups is 2. The Morgan fingerprint density at radius 2 is 2.16 bits per heavy atom. The van der Waals surface area contributed by atoms with E-state index in [2.05, 4.69) is 11.9 Å². The van der Waals surface area contributed by atoms with Gasteiger partial charge in [0.2, 0.25) is 5.91 Å². The Labute approximate surface area is 177 Å². The van der Waals surface area contributed by atoms with Gasteiger partial charge in [0.1, 0.15) is 12.2 Å². The van der Waals surface area contributed by atoms with Gasteiger partial charge in [-0.1, -0.05) is 24.8 Å². The number of hydrogen-bond acceptors (Lipinski definition) is 6. The molecule has 0 spiro atoms. The highest BCUT2D eigenvalue weighted by Crippen LogP contribution is 2.32. The van der Waals surface area contributed by atoms with Crippen LogP contribution in [0.15, 0.2) is 47.6 Å². The van der Waals surface area contributed by atoms with E-state index in [0.29, 0.717) is 11.1 Å². The minimum atomic E-state index is -2.98. The summed E-state index contributed by atoms with van der Waals surface area (Å²) in [5.74, 6) is -4.64. The molecule has 2 atom stereocenters. The van der Waals surface area contributed by atoms with E-state index in [9.17, 15) is 28.4 Å². The van der Waals surface area contributed by atoms with E-state index in [0.717, 1.165) is 11.5 Å². The maximum Gasteiger partial charge on any atom is 0.475 e. The first-order valence-electron chi connectivity index (χ1n) is 9.75. The molecule has 31 heavy (non-hydrogen) atoms. The summed E-state index contributed by atoms with van der Waals surface area (Å²) in [4.78, 5) is 25.3. The van der Waals surface area contributed by atoms with Crippen molar-refractivity contribution in [3.8, 4) is 0 Å². The molecule has 1 aliphatic heterocycles. The van der Waals surface area contributed by atoms with Crippen LogP contribution in [0, 0.1) is 0 Å². The molecule has 166 valence electrons. The molecular weight excluding hydrogens is 413 g/mol. The number of para-hydroxylation sites is 1. The van der Waals surface area contributed by atoms with Crippen molar-refractivity contribution in [2.75, 3.05) is 13.2 Å². The van der Waals surface area contributed by atoms with E-state index < -0.39 is 56.5 Å². The topological polar surface area (TPSA) is 112 Å². The van der Waals surface area contributed by atoms with E-state index in [1.54, 1.807) is 24.3 Å². The summed E-state index contributed by atoms with van der Waals surface area (Å²) in [6, 6.07) is 6.11. The van der Waals surface area contributed by atoms with E-state index in [1.165, 1.54) is 11.2 Å². The zero-order valence-electron chi connectivity index (χ0n) is 16.7. The Bertz CT molecular complexity index is 951. The predicted molar refractivity (Wildman–Crippen MR) is 108 cm³/mol. The quantitative estimate of drug-likeness (QED) is 0.452. The second-order valence-electron chi connectivity index (χ2n) is 7.42. The van der Waals surface area contributed by atoms with Gasteiger partial charge in [0.15, 0.2) is 0 Å². The first-order chi connectivity index (χ1) is 14.7. The van der Waals surface area contributed by atoms with Crippen LogP contribution >= 0.6 is 0 Å². The molecule has 1 aromatic carbocycles. The average molecular weight is 436 g/mol. The molecule has 11 heteroatoms. The number of benzene rings is 1. The van der Waals surface area contributed by atoms with Crippen molar-refractivity contribution in [3.05, 3.63) is 48.7 Å². The van der Waals surface area contributed by atoms with Gasteiger partial charge in [-0.05, 0) is 24.1 Å². The van der Waals surface area contributed by atoms with Crippen molar-refractivity contribution in [1.29, 1.82) is 0 Å². The highest BCUT2D eigenvalue weighted by molar-refractivity contribution is 6.43. The molecule has 0 bridgehead atoms. The lowest BCUT2D eigenvalue weighted by Gasteiger charge is -2.38. The first kappa shape index (κ1) is 22.8. The van der Waals surface area contributed by atoms with E-state index >= 15 is 0 Å². The number of piperidine rings is 1. The Morgan fingerprint density at radius 1 is 1.42 bits per heavy atom. The summed E-state index contributed by atoms with van der Waals surface area (Å²) in [6.07, 6.45) is 0.358. The van der Waals surface area contributed by atoms with Gasteiger partial charge in [0, 0.05) is 24.8 Å². The maximum absolute atomic E-state index is 13.8. The summed E-state index contributed by atoms with van der Waals surface area (Å²) in [7, 11) is -1.90. The maximum atomic E-state index is 13.8. The SMILES string of the molecule is C=CC(=O)N1CCC(F)(F)CC1COC(=O)NC(Cc1coc2ccccc12)B(O)O. The van der Waals surface area contributed by atoms with Crippen molar-refractivity contribution >= 4 is 30.1 Å². The fraction of sp³-hybridized carbons (Fsp3) is 0.400. The van der Waals surface area contributed by atoms with Crippen LogP contribution in [0.25, 0.3) is 11.0 Å². The number of alkyl halides is 2. The van der Waals surface area contributed by atoms with E-state index in [-0.39, 0.29) is 13.0 Å². The molecule has 2 aromatic rings. The lowest BCUT2D eigenvalue weighted by Crippen LogP contribution is -2.52. The number of furan rings is 1. The third kappa shape index (κ3) is 5.62. The zero-order valence-corrected chi connectivity index (χ0v) is 16.7. The molecule has 2 amide bonds.